The molecule has 0 bridgehead atoms. The van der Waals surface area contributed by atoms with Gasteiger partial charge in [0.05, 0.1) is 5.69 Å². The van der Waals surface area contributed by atoms with Gasteiger partial charge in [0, 0.05) is 36.4 Å². The van der Waals surface area contributed by atoms with Gasteiger partial charge in [0.2, 0.25) is 0 Å². The number of nitrogens with one attached hydrogen (secondary N) is 1. The molecule has 2 aromatic rings. The average molecular weight is 379 g/mol. The van der Waals surface area contributed by atoms with E-state index in [4.69, 9.17) is 0 Å². The molecule has 1 N–H and O–H groups in total. The van der Waals surface area contributed by atoms with E-state index in [0.717, 1.165) is 5.69 Å². The zero-order valence-electron chi connectivity index (χ0n) is 16.8. The summed E-state index contributed by atoms with van der Waals surface area (Å²) in [5, 5.41) is 2.66. The lowest BCUT2D eigenvalue weighted by atomic mass is 9.87. The number of anilines is 2. The molecule has 0 aromatic heterocycles. The summed E-state index contributed by atoms with van der Waals surface area (Å²) in [4.78, 5) is 42.9. The van der Waals surface area contributed by atoms with Crippen LogP contribution >= 0.6 is 0 Å². The molecule has 0 fully saturated rings. The van der Waals surface area contributed by atoms with Crippen LogP contribution in [-0.2, 0) is 9.59 Å². The van der Waals surface area contributed by atoms with E-state index in [0.29, 0.717) is 23.2 Å². The molecule has 2 aromatic carbocycles. The van der Waals surface area contributed by atoms with Crippen LogP contribution in [0.25, 0.3) is 0 Å². The second kappa shape index (κ2) is 8.61. The Bertz CT molecular complexity index is 907. The quantitative estimate of drug-likeness (QED) is 0.469. The Morgan fingerprint density at radius 1 is 1.04 bits per heavy atom. The number of Topliss-reactive ketones (excluding diaryl/α,β-unsaturated/α-hetero) is 1. The summed E-state index contributed by atoms with van der Waals surface area (Å²) < 4.78 is 0. The fourth-order valence-electron chi connectivity index (χ4n) is 2.39. The Kier molecular flexibility index (Phi) is 6.46. The molecule has 146 valence electrons. The normalized spacial score (nSPS) is 11.7. The Labute approximate surface area is 165 Å². The minimum Gasteiger partial charge on any atom is -0.378 e. The lowest BCUT2D eigenvalue weighted by Gasteiger charge is -2.18. The largest absolute Gasteiger partial charge is 0.378 e. The summed E-state index contributed by atoms with van der Waals surface area (Å²) in [6, 6.07) is 13.7. The van der Waals surface area contributed by atoms with Crippen LogP contribution in [0.15, 0.2) is 53.5 Å². The van der Waals surface area contributed by atoms with Gasteiger partial charge in [-0.1, -0.05) is 32.9 Å². The smallest absolute Gasteiger partial charge is 0.278 e. The zero-order chi connectivity index (χ0) is 20.9. The lowest BCUT2D eigenvalue weighted by molar-refractivity contribution is -0.121. The maximum atomic E-state index is 12.8. The number of hydrogen-bond acceptors (Lipinski definition) is 5. The monoisotopic (exact) mass is 379 g/mol. The number of benzene rings is 2. The molecule has 0 saturated heterocycles. The van der Waals surface area contributed by atoms with E-state index >= 15 is 0 Å². The first-order chi connectivity index (χ1) is 13.1. The molecule has 0 atom stereocenters. The maximum Gasteiger partial charge on any atom is 0.278 e. The van der Waals surface area contributed by atoms with E-state index in [1.807, 2.05) is 31.1 Å². The number of hydrogen-bond donors (Lipinski definition) is 1. The Morgan fingerprint density at radius 2 is 1.68 bits per heavy atom. The van der Waals surface area contributed by atoms with E-state index in [9.17, 15) is 14.4 Å². The summed E-state index contributed by atoms with van der Waals surface area (Å²) in [5.74, 6) is -0.979. The number of rotatable bonds is 6. The van der Waals surface area contributed by atoms with Crippen molar-refractivity contribution in [1.29, 1.82) is 0 Å². The third-order valence-corrected chi connectivity index (χ3v) is 4.00. The number of carbonyl (C=O) groups excluding carboxylic acids is 3. The van der Waals surface area contributed by atoms with Crippen molar-refractivity contribution in [2.45, 2.75) is 20.8 Å². The van der Waals surface area contributed by atoms with Gasteiger partial charge in [-0.3, -0.25) is 14.4 Å². The first-order valence-electron chi connectivity index (χ1n) is 8.89. The molecule has 0 aliphatic carbocycles. The minimum atomic E-state index is -0.773. The van der Waals surface area contributed by atoms with E-state index in [2.05, 4.69) is 10.3 Å². The molecule has 0 saturated carbocycles. The summed E-state index contributed by atoms with van der Waals surface area (Å²) in [7, 11) is 3.85. The number of aldehydes is 1. The number of nitrogens with zero attached hydrogens (tertiary/aromatic N) is 2. The predicted molar refractivity (Wildman–Crippen MR) is 113 cm³/mol. The van der Waals surface area contributed by atoms with Crippen molar-refractivity contribution in [2.75, 3.05) is 24.3 Å². The molecule has 0 aliphatic heterocycles. The van der Waals surface area contributed by atoms with Crippen molar-refractivity contribution in [1.82, 2.24) is 0 Å². The van der Waals surface area contributed by atoms with Gasteiger partial charge in [-0.05, 0) is 36.4 Å². The van der Waals surface area contributed by atoms with Crippen LogP contribution < -0.4 is 10.2 Å². The van der Waals surface area contributed by atoms with Crippen LogP contribution in [0, 0.1) is 5.41 Å². The topological polar surface area (TPSA) is 78.8 Å². The van der Waals surface area contributed by atoms with Crippen molar-refractivity contribution >= 4 is 40.8 Å². The molecule has 0 unspecified atom stereocenters. The molecule has 6 nitrogen and oxygen atoms in total. The highest BCUT2D eigenvalue weighted by atomic mass is 16.2. The van der Waals surface area contributed by atoms with E-state index in [1.54, 1.807) is 51.1 Å². The Hall–Kier alpha value is -3.28. The average Bonchev–Trinajstić information content (AvgIpc) is 2.65. The van der Waals surface area contributed by atoms with Crippen LogP contribution in [-0.4, -0.2) is 37.8 Å². The third-order valence-electron chi connectivity index (χ3n) is 4.00. The fraction of sp³-hybridized carbons (Fsp3) is 0.273. The van der Waals surface area contributed by atoms with Crippen LogP contribution in [0.2, 0.25) is 0 Å². The third kappa shape index (κ3) is 5.36. The van der Waals surface area contributed by atoms with Crippen molar-refractivity contribution in [2.24, 2.45) is 10.4 Å². The molecule has 0 aliphatic rings. The van der Waals surface area contributed by atoms with Crippen molar-refractivity contribution in [3.05, 3.63) is 54.1 Å². The van der Waals surface area contributed by atoms with Gasteiger partial charge in [0.25, 0.3) is 5.91 Å². The number of carbonyl (C=O) groups is 3. The summed E-state index contributed by atoms with van der Waals surface area (Å²) in [6.07, 6.45) is 0.692. The SMILES string of the molecule is CN(C)c1ccc(N=C(C(=O)Nc2cccc(C=O)c2)C(=O)C(C)(C)C)cc1. The van der Waals surface area contributed by atoms with Gasteiger partial charge in [-0.2, -0.15) is 0 Å². The van der Waals surface area contributed by atoms with E-state index in [1.165, 1.54) is 6.07 Å². The summed E-state index contributed by atoms with van der Waals surface area (Å²) in [5.41, 5.74) is 1.39. The van der Waals surface area contributed by atoms with Gasteiger partial charge in [0.15, 0.2) is 11.5 Å². The predicted octanol–water partition coefficient (Wildman–Crippen LogP) is 3.89. The second-order valence-corrected chi connectivity index (χ2v) is 7.65. The zero-order valence-corrected chi connectivity index (χ0v) is 16.8. The van der Waals surface area contributed by atoms with E-state index in [-0.39, 0.29) is 11.5 Å². The van der Waals surface area contributed by atoms with Crippen LogP contribution in [0.3, 0.4) is 0 Å². The lowest BCUT2D eigenvalue weighted by Crippen LogP contribution is -2.37. The first kappa shape index (κ1) is 21.0. The highest BCUT2D eigenvalue weighted by molar-refractivity contribution is 6.68. The fourth-order valence-corrected chi connectivity index (χ4v) is 2.39. The van der Waals surface area contributed by atoms with Gasteiger partial charge in [-0.25, -0.2) is 4.99 Å². The standard InChI is InChI=1S/C22H25N3O3/c1-22(2,3)20(27)19(23-16-9-11-18(12-10-16)25(4)5)21(28)24-17-8-6-7-15(13-17)14-26/h6-14H,1-5H3,(H,24,28). The van der Waals surface area contributed by atoms with Crippen molar-refractivity contribution < 1.29 is 14.4 Å². The number of aliphatic imine (C=N–C) groups is 1. The van der Waals surface area contributed by atoms with Gasteiger partial charge < -0.3 is 10.2 Å². The molecule has 0 heterocycles. The number of ketones is 1. The van der Waals surface area contributed by atoms with Gasteiger partial charge >= 0.3 is 0 Å². The molecule has 6 heteroatoms. The molecule has 1 amide bonds. The first-order valence-corrected chi connectivity index (χ1v) is 8.89. The molecular weight excluding hydrogens is 354 g/mol. The van der Waals surface area contributed by atoms with Crippen LogP contribution in [0.1, 0.15) is 31.1 Å². The summed E-state index contributed by atoms with van der Waals surface area (Å²) >= 11 is 0. The van der Waals surface area contributed by atoms with Crippen LogP contribution in [0.5, 0.6) is 0 Å². The Morgan fingerprint density at radius 3 is 2.21 bits per heavy atom. The summed E-state index contributed by atoms with van der Waals surface area (Å²) in [6.45, 7) is 5.21. The Balaban J connectivity index is 2.39. The highest BCUT2D eigenvalue weighted by Gasteiger charge is 2.31. The highest BCUT2D eigenvalue weighted by Crippen LogP contribution is 2.22. The second-order valence-electron chi connectivity index (χ2n) is 7.65. The van der Waals surface area contributed by atoms with Gasteiger partial charge in [-0.15, -0.1) is 0 Å². The van der Waals surface area contributed by atoms with Crippen molar-refractivity contribution in [3.8, 4) is 0 Å². The van der Waals surface area contributed by atoms with Crippen molar-refractivity contribution in [3.63, 3.8) is 0 Å². The van der Waals surface area contributed by atoms with E-state index < -0.39 is 11.3 Å². The molecule has 28 heavy (non-hydrogen) atoms. The molecule has 0 radical (unpaired) electrons. The van der Waals surface area contributed by atoms with Crippen LogP contribution in [0.4, 0.5) is 17.1 Å². The maximum absolute atomic E-state index is 12.8. The molecule has 2 rings (SSSR count). The van der Waals surface area contributed by atoms with Gasteiger partial charge in [0.1, 0.15) is 6.29 Å². The molecular formula is C22H25N3O3. The molecule has 0 spiro atoms. The number of amides is 1. The minimum absolute atomic E-state index is 0.179.